The summed E-state index contributed by atoms with van der Waals surface area (Å²) < 4.78 is 39.5. The van der Waals surface area contributed by atoms with Crippen LogP contribution in [0.3, 0.4) is 0 Å². The zero-order valence-corrected chi connectivity index (χ0v) is 10.4. The Balaban J connectivity index is 2.42. The molecule has 19 heavy (non-hydrogen) atoms. The summed E-state index contributed by atoms with van der Waals surface area (Å²) in [5.74, 6) is -0.451. The average molecular weight is 276 g/mol. The summed E-state index contributed by atoms with van der Waals surface area (Å²) in [7, 11) is 0. The molecular weight excluding hydrogens is 261 g/mol. The van der Waals surface area contributed by atoms with Gasteiger partial charge in [0.05, 0.1) is 6.54 Å². The van der Waals surface area contributed by atoms with Crippen LogP contribution in [0.15, 0.2) is 24.3 Å². The number of amides is 1. The van der Waals surface area contributed by atoms with Crippen molar-refractivity contribution in [1.82, 2.24) is 10.6 Å². The molecule has 0 unspecified atom stereocenters. The predicted octanol–water partition coefficient (Wildman–Crippen LogP) is 1.81. The SMILES string of the molecule is CCNCC(=O)NCc1ccc(OC(F)(F)F)cc1. The lowest BCUT2D eigenvalue weighted by molar-refractivity contribution is -0.274. The highest BCUT2D eigenvalue weighted by Gasteiger charge is 2.30. The molecule has 0 spiro atoms. The number of hydrogen-bond donors (Lipinski definition) is 2. The Morgan fingerprint density at radius 3 is 2.42 bits per heavy atom. The second-order valence-corrected chi connectivity index (χ2v) is 3.75. The molecule has 0 atom stereocenters. The van der Waals surface area contributed by atoms with E-state index in [9.17, 15) is 18.0 Å². The first-order valence-corrected chi connectivity index (χ1v) is 5.73. The van der Waals surface area contributed by atoms with Gasteiger partial charge in [-0.15, -0.1) is 13.2 Å². The highest BCUT2D eigenvalue weighted by Crippen LogP contribution is 2.22. The van der Waals surface area contributed by atoms with Gasteiger partial charge in [0.15, 0.2) is 0 Å². The number of ether oxygens (including phenoxy) is 1. The van der Waals surface area contributed by atoms with Gasteiger partial charge in [-0.1, -0.05) is 19.1 Å². The first kappa shape index (κ1) is 15.3. The summed E-state index contributed by atoms with van der Waals surface area (Å²) in [5.41, 5.74) is 0.694. The van der Waals surface area contributed by atoms with Crippen LogP contribution in [0.5, 0.6) is 5.75 Å². The van der Waals surface area contributed by atoms with Crippen molar-refractivity contribution in [3.63, 3.8) is 0 Å². The number of alkyl halides is 3. The number of hydrogen-bond acceptors (Lipinski definition) is 3. The smallest absolute Gasteiger partial charge is 0.406 e. The molecular formula is C12H15F3N2O2. The van der Waals surface area contributed by atoms with Crippen LogP contribution in [-0.4, -0.2) is 25.4 Å². The van der Waals surface area contributed by atoms with Gasteiger partial charge in [-0.25, -0.2) is 0 Å². The average Bonchev–Trinajstić information content (AvgIpc) is 2.33. The van der Waals surface area contributed by atoms with Gasteiger partial charge in [-0.05, 0) is 24.2 Å². The minimum absolute atomic E-state index is 0.169. The lowest BCUT2D eigenvalue weighted by atomic mass is 10.2. The molecule has 0 aliphatic carbocycles. The van der Waals surface area contributed by atoms with Crippen LogP contribution in [0.4, 0.5) is 13.2 Å². The van der Waals surface area contributed by atoms with Crippen molar-refractivity contribution in [2.24, 2.45) is 0 Å². The molecule has 7 heteroatoms. The molecule has 1 aromatic carbocycles. The maximum Gasteiger partial charge on any atom is 0.573 e. The van der Waals surface area contributed by atoms with Crippen molar-refractivity contribution in [1.29, 1.82) is 0 Å². The van der Waals surface area contributed by atoms with Gasteiger partial charge in [0.25, 0.3) is 0 Å². The van der Waals surface area contributed by atoms with E-state index in [2.05, 4.69) is 15.4 Å². The summed E-state index contributed by atoms with van der Waals surface area (Å²) in [6.45, 7) is 3.05. The van der Waals surface area contributed by atoms with Gasteiger partial charge in [-0.3, -0.25) is 4.79 Å². The van der Waals surface area contributed by atoms with E-state index in [0.717, 1.165) is 0 Å². The molecule has 4 nitrogen and oxygen atoms in total. The van der Waals surface area contributed by atoms with E-state index in [4.69, 9.17) is 0 Å². The number of benzene rings is 1. The molecule has 0 heterocycles. The molecule has 0 saturated heterocycles. The second-order valence-electron chi connectivity index (χ2n) is 3.75. The molecule has 0 saturated carbocycles. The number of halogens is 3. The zero-order chi connectivity index (χ0) is 14.3. The summed E-state index contributed by atoms with van der Waals surface area (Å²) in [5, 5.41) is 5.50. The molecule has 1 aromatic rings. The fourth-order valence-electron chi connectivity index (χ4n) is 1.31. The van der Waals surface area contributed by atoms with Gasteiger partial charge < -0.3 is 15.4 Å². The molecule has 0 bridgehead atoms. The van der Waals surface area contributed by atoms with Gasteiger partial charge in [0.2, 0.25) is 5.91 Å². The van der Waals surface area contributed by atoms with Crippen molar-refractivity contribution in [3.8, 4) is 5.75 Å². The molecule has 2 N–H and O–H groups in total. The lowest BCUT2D eigenvalue weighted by Gasteiger charge is -2.09. The van der Waals surface area contributed by atoms with E-state index < -0.39 is 6.36 Å². The molecule has 0 aromatic heterocycles. The number of nitrogens with one attached hydrogen (secondary N) is 2. The Labute approximate surface area is 108 Å². The summed E-state index contributed by atoms with van der Waals surface area (Å²) in [6, 6.07) is 5.35. The van der Waals surface area contributed by atoms with Gasteiger partial charge in [0.1, 0.15) is 5.75 Å². The molecule has 1 rings (SSSR count). The third-order valence-electron chi connectivity index (χ3n) is 2.18. The highest BCUT2D eigenvalue weighted by molar-refractivity contribution is 5.77. The number of likely N-dealkylation sites (N-methyl/N-ethyl adjacent to an activating group) is 1. The highest BCUT2D eigenvalue weighted by atomic mass is 19.4. The Hall–Kier alpha value is -1.76. The third-order valence-corrected chi connectivity index (χ3v) is 2.18. The van der Waals surface area contributed by atoms with Gasteiger partial charge in [-0.2, -0.15) is 0 Å². The third kappa shape index (κ3) is 6.66. The zero-order valence-electron chi connectivity index (χ0n) is 10.4. The van der Waals surface area contributed by atoms with Crippen molar-refractivity contribution in [2.45, 2.75) is 19.8 Å². The van der Waals surface area contributed by atoms with Crippen molar-refractivity contribution >= 4 is 5.91 Å². The Morgan fingerprint density at radius 2 is 1.89 bits per heavy atom. The standard InChI is InChI=1S/C12H15F3N2O2/c1-2-16-8-11(18)17-7-9-3-5-10(6-4-9)19-12(13,14)15/h3-6,16H,2,7-8H2,1H3,(H,17,18). The largest absolute Gasteiger partial charge is 0.573 e. The van der Waals surface area contributed by atoms with Gasteiger partial charge in [0, 0.05) is 6.54 Å². The Bertz CT molecular complexity index is 404. The Morgan fingerprint density at radius 1 is 1.26 bits per heavy atom. The van der Waals surface area contributed by atoms with Crippen LogP contribution in [0.25, 0.3) is 0 Å². The minimum atomic E-state index is -4.69. The lowest BCUT2D eigenvalue weighted by Crippen LogP contribution is -2.33. The van der Waals surface area contributed by atoms with Gasteiger partial charge >= 0.3 is 6.36 Å². The summed E-state index contributed by atoms with van der Waals surface area (Å²) in [4.78, 5) is 11.3. The Kier molecular flexibility index (Phi) is 5.62. The van der Waals surface area contributed by atoms with E-state index in [1.54, 1.807) is 0 Å². The quantitative estimate of drug-likeness (QED) is 0.833. The number of carbonyl (C=O) groups is 1. The predicted molar refractivity (Wildman–Crippen MR) is 63.5 cm³/mol. The monoisotopic (exact) mass is 276 g/mol. The topological polar surface area (TPSA) is 50.4 Å². The first-order valence-electron chi connectivity index (χ1n) is 5.73. The fourth-order valence-corrected chi connectivity index (χ4v) is 1.31. The van der Waals surface area contributed by atoms with Crippen molar-refractivity contribution in [3.05, 3.63) is 29.8 Å². The minimum Gasteiger partial charge on any atom is -0.406 e. The first-order chi connectivity index (χ1) is 8.90. The van der Waals surface area contributed by atoms with Crippen LogP contribution in [0.1, 0.15) is 12.5 Å². The van der Waals surface area contributed by atoms with Crippen molar-refractivity contribution < 1.29 is 22.7 Å². The maximum atomic E-state index is 11.9. The fraction of sp³-hybridized carbons (Fsp3) is 0.417. The molecule has 0 radical (unpaired) electrons. The number of rotatable bonds is 6. The molecule has 106 valence electrons. The molecule has 0 fully saturated rings. The van der Waals surface area contributed by atoms with E-state index in [-0.39, 0.29) is 24.7 Å². The molecule has 0 aliphatic rings. The van der Waals surface area contributed by atoms with Crippen LogP contribution < -0.4 is 15.4 Å². The van der Waals surface area contributed by atoms with Crippen LogP contribution in [0, 0.1) is 0 Å². The van der Waals surface area contributed by atoms with Crippen molar-refractivity contribution in [2.75, 3.05) is 13.1 Å². The normalized spacial score (nSPS) is 11.2. The second kappa shape index (κ2) is 6.98. The summed E-state index contributed by atoms with van der Waals surface area (Å²) in [6.07, 6.45) is -4.69. The summed E-state index contributed by atoms with van der Waals surface area (Å²) >= 11 is 0. The molecule has 0 aliphatic heterocycles. The molecule has 1 amide bonds. The van der Waals surface area contributed by atoms with Crippen LogP contribution in [0.2, 0.25) is 0 Å². The number of carbonyl (C=O) groups excluding carboxylic acids is 1. The maximum absolute atomic E-state index is 11.9. The van der Waals surface area contributed by atoms with Crippen LogP contribution >= 0.6 is 0 Å². The van der Waals surface area contributed by atoms with E-state index in [1.807, 2.05) is 6.92 Å². The van der Waals surface area contributed by atoms with E-state index >= 15 is 0 Å². The van der Waals surface area contributed by atoms with E-state index in [1.165, 1.54) is 24.3 Å². The van der Waals surface area contributed by atoms with Crippen LogP contribution in [-0.2, 0) is 11.3 Å². The van der Waals surface area contributed by atoms with E-state index in [0.29, 0.717) is 12.1 Å².